The van der Waals surface area contributed by atoms with Crippen molar-refractivity contribution in [1.82, 2.24) is 15.2 Å². The molecule has 1 aliphatic heterocycles. The number of fused-ring (bicyclic) bond motifs is 1. The number of rotatable bonds is 6. The largest absolute Gasteiger partial charge is 0.467 e. The van der Waals surface area contributed by atoms with E-state index in [2.05, 4.69) is 10.6 Å². The zero-order valence-electron chi connectivity index (χ0n) is 15.4. The molecule has 0 saturated carbocycles. The number of aromatic nitrogens is 1. The van der Waals surface area contributed by atoms with Gasteiger partial charge in [0.25, 0.3) is 5.91 Å². The number of nitrogens with one attached hydrogen (secondary N) is 2. The van der Waals surface area contributed by atoms with Crippen molar-refractivity contribution < 1.29 is 14.0 Å². The van der Waals surface area contributed by atoms with Crippen LogP contribution < -0.4 is 10.6 Å². The van der Waals surface area contributed by atoms with Crippen LogP contribution in [0.25, 0.3) is 5.00 Å². The quantitative estimate of drug-likeness (QED) is 0.647. The molecular formula is C20H21N3O3S2. The number of hydrogen-bond acceptors (Lipinski definition) is 5. The molecule has 0 aromatic carbocycles. The first-order chi connectivity index (χ1) is 13.6. The minimum Gasteiger partial charge on any atom is -0.467 e. The Hall–Kier alpha value is -2.45. The van der Waals surface area contributed by atoms with Crippen LogP contribution in [0.5, 0.6) is 0 Å². The molecule has 0 fully saturated rings. The van der Waals surface area contributed by atoms with E-state index in [-0.39, 0.29) is 11.8 Å². The summed E-state index contributed by atoms with van der Waals surface area (Å²) < 4.78 is 7.19. The highest BCUT2D eigenvalue weighted by atomic mass is 32.2. The average molecular weight is 416 g/mol. The molecule has 1 aliphatic rings. The molecule has 0 aliphatic carbocycles. The monoisotopic (exact) mass is 415 g/mol. The molecule has 8 heteroatoms. The molecule has 2 amide bonds. The van der Waals surface area contributed by atoms with Gasteiger partial charge in [0.05, 0.1) is 18.4 Å². The van der Waals surface area contributed by atoms with Crippen molar-refractivity contribution in [3.8, 4) is 5.00 Å². The lowest BCUT2D eigenvalue weighted by atomic mass is 10.1. The van der Waals surface area contributed by atoms with Crippen LogP contribution in [0, 0.1) is 0 Å². The SMILES string of the molecule is CC(NC(=O)c1c(-n2cccc2)sc2c1CCSC2)C(=O)NCc1ccco1. The molecule has 0 radical (unpaired) electrons. The van der Waals surface area contributed by atoms with Gasteiger partial charge in [0.2, 0.25) is 5.91 Å². The fourth-order valence-corrected chi connectivity index (χ4v) is 5.62. The Morgan fingerprint density at radius 2 is 2.11 bits per heavy atom. The Kier molecular flexibility index (Phi) is 5.59. The Labute approximate surface area is 171 Å². The Balaban J connectivity index is 1.51. The molecule has 0 spiro atoms. The van der Waals surface area contributed by atoms with Crippen LogP contribution in [0.1, 0.15) is 33.5 Å². The van der Waals surface area contributed by atoms with E-state index in [1.165, 1.54) is 4.88 Å². The van der Waals surface area contributed by atoms with Crippen molar-refractivity contribution in [3.05, 3.63) is 64.7 Å². The minimum atomic E-state index is -0.645. The Morgan fingerprint density at radius 1 is 1.29 bits per heavy atom. The number of furan rings is 1. The van der Waals surface area contributed by atoms with Gasteiger partial charge in [-0.05, 0) is 48.9 Å². The van der Waals surface area contributed by atoms with E-state index in [0.29, 0.717) is 17.9 Å². The molecule has 146 valence electrons. The van der Waals surface area contributed by atoms with Crippen molar-refractivity contribution in [3.63, 3.8) is 0 Å². The third-order valence-electron chi connectivity index (χ3n) is 4.63. The summed E-state index contributed by atoms with van der Waals surface area (Å²) in [6, 6.07) is 6.81. The summed E-state index contributed by atoms with van der Waals surface area (Å²) in [7, 11) is 0. The maximum Gasteiger partial charge on any atom is 0.255 e. The van der Waals surface area contributed by atoms with Gasteiger partial charge in [0.1, 0.15) is 16.8 Å². The number of nitrogens with zero attached hydrogens (tertiary/aromatic N) is 1. The lowest BCUT2D eigenvalue weighted by Gasteiger charge is -2.16. The summed E-state index contributed by atoms with van der Waals surface area (Å²) in [5.41, 5.74) is 1.82. The molecule has 28 heavy (non-hydrogen) atoms. The van der Waals surface area contributed by atoms with Crippen molar-refractivity contribution in [2.75, 3.05) is 5.75 Å². The fourth-order valence-electron chi connectivity index (χ4n) is 3.18. The molecule has 2 N–H and O–H groups in total. The standard InChI is InChI=1S/C20H21N3O3S2/c1-13(18(24)21-11-14-5-4-9-26-14)22-19(25)17-15-6-10-27-12-16(15)28-20(17)23-7-2-3-8-23/h2-5,7-9,13H,6,10-12H2,1H3,(H,21,24)(H,22,25). The van der Waals surface area contributed by atoms with Gasteiger partial charge in [0.15, 0.2) is 0 Å². The van der Waals surface area contributed by atoms with Gasteiger partial charge >= 0.3 is 0 Å². The predicted octanol–water partition coefficient (Wildman–Crippen LogP) is 3.36. The molecule has 3 aromatic rings. The molecule has 0 bridgehead atoms. The highest BCUT2D eigenvalue weighted by Crippen LogP contribution is 2.38. The van der Waals surface area contributed by atoms with Gasteiger partial charge in [-0.15, -0.1) is 11.3 Å². The first-order valence-electron chi connectivity index (χ1n) is 9.10. The lowest BCUT2D eigenvalue weighted by molar-refractivity contribution is -0.122. The van der Waals surface area contributed by atoms with E-state index in [0.717, 1.165) is 28.5 Å². The maximum atomic E-state index is 13.1. The molecule has 6 nitrogen and oxygen atoms in total. The molecule has 0 saturated heterocycles. The zero-order chi connectivity index (χ0) is 19.5. The van der Waals surface area contributed by atoms with Crippen LogP contribution in [-0.4, -0.2) is 28.2 Å². The average Bonchev–Trinajstić information content (AvgIpc) is 3.45. The number of thiophene rings is 1. The summed E-state index contributed by atoms with van der Waals surface area (Å²) >= 11 is 3.55. The predicted molar refractivity (Wildman–Crippen MR) is 111 cm³/mol. The molecule has 1 unspecified atom stereocenters. The lowest BCUT2D eigenvalue weighted by Crippen LogP contribution is -2.44. The normalized spacial score (nSPS) is 14.3. The van der Waals surface area contributed by atoms with Gasteiger partial charge in [-0.25, -0.2) is 0 Å². The Morgan fingerprint density at radius 3 is 2.86 bits per heavy atom. The van der Waals surface area contributed by atoms with Gasteiger partial charge in [-0.3, -0.25) is 9.59 Å². The third kappa shape index (κ3) is 3.88. The second-order valence-electron chi connectivity index (χ2n) is 6.57. The Bertz CT molecular complexity index is 961. The summed E-state index contributed by atoms with van der Waals surface area (Å²) in [5.74, 6) is 2.17. The second kappa shape index (κ2) is 8.28. The molecule has 4 rings (SSSR count). The summed E-state index contributed by atoms with van der Waals surface area (Å²) in [4.78, 5) is 26.7. The van der Waals surface area contributed by atoms with Gasteiger partial charge in [-0.2, -0.15) is 11.8 Å². The topological polar surface area (TPSA) is 76.3 Å². The van der Waals surface area contributed by atoms with E-state index in [4.69, 9.17) is 4.42 Å². The molecule has 1 atom stereocenters. The van der Waals surface area contributed by atoms with E-state index < -0.39 is 6.04 Å². The first-order valence-corrected chi connectivity index (χ1v) is 11.1. The van der Waals surface area contributed by atoms with Crippen LogP contribution in [0.4, 0.5) is 0 Å². The molecule has 3 aromatic heterocycles. The van der Waals surface area contributed by atoms with Crippen molar-refractivity contribution in [2.45, 2.75) is 31.7 Å². The second-order valence-corrected chi connectivity index (χ2v) is 8.76. The van der Waals surface area contributed by atoms with Gasteiger partial charge < -0.3 is 19.6 Å². The van der Waals surface area contributed by atoms with Gasteiger partial charge in [0, 0.05) is 23.0 Å². The van der Waals surface area contributed by atoms with Crippen LogP contribution in [0.2, 0.25) is 0 Å². The summed E-state index contributed by atoms with van der Waals surface area (Å²) in [6.07, 6.45) is 6.33. The van der Waals surface area contributed by atoms with Crippen molar-refractivity contribution >= 4 is 34.9 Å². The number of thioether (sulfide) groups is 1. The van der Waals surface area contributed by atoms with E-state index in [1.807, 2.05) is 40.9 Å². The highest BCUT2D eigenvalue weighted by Gasteiger charge is 2.28. The maximum absolute atomic E-state index is 13.1. The van der Waals surface area contributed by atoms with Crippen LogP contribution in [-0.2, 0) is 23.5 Å². The van der Waals surface area contributed by atoms with Crippen LogP contribution in [0.3, 0.4) is 0 Å². The van der Waals surface area contributed by atoms with E-state index >= 15 is 0 Å². The van der Waals surface area contributed by atoms with Crippen LogP contribution in [0.15, 0.2) is 47.3 Å². The highest BCUT2D eigenvalue weighted by molar-refractivity contribution is 7.98. The third-order valence-corrected chi connectivity index (χ3v) is 7.04. The fraction of sp³-hybridized carbons (Fsp3) is 0.300. The van der Waals surface area contributed by atoms with Crippen LogP contribution >= 0.6 is 23.1 Å². The van der Waals surface area contributed by atoms with Crippen molar-refractivity contribution in [1.29, 1.82) is 0 Å². The van der Waals surface area contributed by atoms with E-state index in [9.17, 15) is 9.59 Å². The molecular weight excluding hydrogens is 394 g/mol. The minimum absolute atomic E-state index is 0.200. The zero-order valence-corrected chi connectivity index (χ0v) is 17.1. The van der Waals surface area contributed by atoms with Gasteiger partial charge in [-0.1, -0.05) is 0 Å². The molecule has 4 heterocycles. The summed E-state index contributed by atoms with van der Waals surface area (Å²) in [5, 5.41) is 6.57. The number of amides is 2. The van der Waals surface area contributed by atoms with Crippen molar-refractivity contribution in [2.24, 2.45) is 0 Å². The number of hydrogen-bond donors (Lipinski definition) is 2. The smallest absolute Gasteiger partial charge is 0.255 e. The van der Waals surface area contributed by atoms with E-state index in [1.54, 1.807) is 36.7 Å². The first kappa shape index (κ1) is 18.9. The summed E-state index contributed by atoms with van der Waals surface area (Å²) in [6.45, 7) is 1.99. The number of carbonyl (C=O) groups excluding carboxylic acids is 2. The number of carbonyl (C=O) groups is 2.